The first-order valence-corrected chi connectivity index (χ1v) is 3.30. The molecule has 0 amide bonds. The van der Waals surface area contributed by atoms with E-state index in [0.29, 0.717) is 0 Å². The average Bonchev–Trinajstić information content (AvgIpc) is 1.95. The molecule has 0 bridgehead atoms. The fraction of sp³-hybridized carbons (Fsp3) is 0. The van der Waals surface area contributed by atoms with Gasteiger partial charge in [0.2, 0.25) is 0 Å². The maximum Gasteiger partial charge on any atom is 0.162 e. The molecule has 10 heavy (non-hydrogen) atoms. The first kappa shape index (κ1) is 7.34. The summed E-state index contributed by atoms with van der Waals surface area (Å²) in [7, 11) is 0. The van der Waals surface area contributed by atoms with Crippen molar-refractivity contribution in [2.24, 2.45) is 0 Å². The van der Waals surface area contributed by atoms with Crippen LogP contribution in [0.25, 0.3) is 0 Å². The van der Waals surface area contributed by atoms with Crippen molar-refractivity contribution in [1.29, 1.82) is 0 Å². The maximum absolute atomic E-state index is 12.6. The van der Waals surface area contributed by atoms with Gasteiger partial charge in [0.1, 0.15) is 0 Å². The summed E-state index contributed by atoms with van der Waals surface area (Å²) in [5.74, 6) is -0.685. The van der Waals surface area contributed by atoms with Crippen molar-refractivity contribution < 1.29 is 8.28 Å². The first-order valence-electron chi connectivity index (χ1n) is 2.58. The number of nitrogen functional groups attached to an aromatic ring is 1. The van der Waals surface area contributed by atoms with Crippen LogP contribution in [0.2, 0.25) is 0 Å². The van der Waals surface area contributed by atoms with Crippen LogP contribution < -0.4 is 5.73 Å². The van der Waals surface area contributed by atoms with Gasteiger partial charge < -0.3 is 5.73 Å². The monoisotopic (exact) mass is 161 g/mol. The van der Waals surface area contributed by atoms with Gasteiger partial charge in [-0.2, -0.15) is 3.89 Å². The van der Waals surface area contributed by atoms with Gasteiger partial charge in [-0.3, -0.25) is 0 Å². The molecule has 0 aliphatic rings. The Kier molecular flexibility index (Phi) is 2.11. The van der Waals surface area contributed by atoms with Gasteiger partial charge in [0.15, 0.2) is 5.82 Å². The minimum absolute atomic E-state index is 0.0253. The molecule has 1 rings (SSSR count). The number of benzene rings is 1. The molecule has 0 aliphatic heterocycles. The molecular weight excluding hydrogens is 156 g/mol. The summed E-state index contributed by atoms with van der Waals surface area (Å²) < 4.78 is 24.4. The summed E-state index contributed by atoms with van der Waals surface area (Å²) in [6.07, 6.45) is 0. The summed E-state index contributed by atoms with van der Waals surface area (Å²) in [4.78, 5) is -0.0694. The van der Waals surface area contributed by atoms with Crippen LogP contribution in [0, 0.1) is 5.82 Å². The lowest BCUT2D eigenvalue weighted by atomic mass is 10.3. The van der Waals surface area contributed by atoms with Crippen molar-refractivity contribution in [2.75, 3.05) is 5.73 Å². The van der Waals surface area contributed by atoms with Gasteiger partial charge in [-0.1, -0.05) is 6.07 Å². The molecule has 0 heterocycles. The van der Waals surface area contributed by atoms with Gasteiger partial charge in [-0.05, 0) is 12.1 Å². The average molecular weight is 161 g/mol. The van der Waals surface area contributed by atoms with E-state index in [1.165, 1.54) is 18.2 Å². The minimum Gasteiger partial charge on any atom is -0.396 e. The smallest absolute Gasteiger partial charge is 0.162 e. The van der Waals surface area contributed by atoms with Crippen molar-refractivity contribution in [1.82, 2.24) is 0 Å². The SMILES string of the molecule is Nc1cccc(SF)c1F. The molecule has 0 unspecified atom stereocenters. The lowest BCUT2D eigenvalue weighted by molar-refractivity contribution is 0.605. The van der Waals surface area contributed by atoms with Crippen LogP contribution in [0.4, 0.5) is 14.0 Å². The third kappa shape index (κ3) is 1.21. The number of anilines is 1. The number of hydrogen-bond acceptors (Lipinski definition) is 2. The Morgan fingerprint density at radius 1 is 1.40 bits per heavy atom. The standard InChI is InChI=1S/C6H5F2NS/c7-6-4(9)2-1-3-5(6)10-8/h1-3H,9H2. The van der Waals surface area contributed by atoms with Crippen molar-refractivity contribution in [3.63, 3.8) is 0 Å². The predicted molar refractivity (Wildman–Crippen MR) is 37.8 cm³/mol. The second kappa shape index (κ2) is 2.88. The van der Waals surface area contributed by atoms with E-state index in [-0.39, 0.29) is 22.7 Å². The second-order valence-corrected chi connectivity index (χ2v) is 2.33. The third-order valence-electron chi connectivity index (χ3n) is 1.08. The molecule has 54 valence electrons. The van der Waals surface area contributed by atoms with Gasteiger partial charge in [0.25, 0.3) is 0 Å². The quantitative estimate of drug-likeness (QED) is 0.640. The highest BCUT2D eigenvalue weighted by Gasteiger charge is 2.04. The number of halogens is 2. The van der Waals surface area contributed by atoms with Crippen LogP contribution in [0.15, 0.2) is 23.1 Å². The highest BCUT2D eigenvalue weighted by atomic mass is 32.2. The Bertz CT molecular complexity index is 239. The molecule has 0 saturated carbocycles. The topological polar surface area (TPSA) is 26.0 Å². The fourth-order valence-electron chi connectivity index (χ4n) is 0.587. The van der Waals surface area contributed by atoms with Crippen LogP contribution in [0.3, 0.4) is 0 Å². The summed E-state index contributed by atoms with van der Waals surface area (Å²) in [5.41, 5.74) is 5.12. The molecule has 0 aromatic heterocycles. The third-order valence-corrected chi connectivity index (χ3v) is 1.56. The molecule has 0 spiro atoms. The number of nitrogens with two attached hydrogens (primary N) is 1. The van der Waals surface area contributed by atoms with Gasteiger partial charge in [0.05, 0.1) is 22.7 Å². The van der Waals surface area contributed by atoms with Crippen LogP contribution in [-0.2, 0) is 0 Å². The van der Waals surface area contributed by atoms with E-state index in [4.69, 9.17) is 5.73 Å². The van der Waals surface area contributed by atoms with Crippen molar-refractivity contribution in [2.45, 2.75) is 4.90 Å². The van der Waals surface area contributed by atoms with Crippen LogP contribution in [0.1, 0.15) is 0 Å². The van der Waals surface area contributed by atoms with E-state index < -0.39 is 5.82 Å². The Balaban J connectivity index is 3.14. The van der Waals surface area contributed by atoms with E-state index in [1.54, 1.807) is 0 Å². The lowest BCUT2D eigenvalue weighted by Crippen LogP contribution is -1.90. The Morgan fingerprint density at radius 3 is 2.60 bits per heavy atom. The van der Waals surface area contributed by atoms with E-state index in [1.807, 2.05) is 0 Å². The Hall–Kier alpha value is -0.770. The van der Waals surface area contributed by atoms with E-state index in [9.17, 15) is 8.28 Å². The highest BCUT2D eigenvalue weighted by molar-refractivity contribution is 7.94. The lowest BCUT2D eigenvalue weighted by Gasteiger charge is -1.97. The van der Waals surface area contributed by atoms with Crippen molar-refractivity contribution >= 4 is 17.8 Å². The van der Waals surface area contributed by atoms with E-state index in [0.717, 1.165) is 0 Å². The van der Waals surface area contributed by atoms with Gasteiger partial charge in [-0.25, -0.2) is 4.39 Å². The summed E-state index contributed by atoms with van der Waals surface area (Å²) in [6, 6.07) is 4.21. The molecular formula is C6H5F2NS. The molecule has 0 fully saturated rings. The summed E-state index contributed by atoms with van der Waals surface area (Å²) in [6.45, 7) is 0. The molecule has 2 N–H and O–H groups in total. The van der Waals surface area contributed by atoms with Crippen molar-refractivity contribution in [3.05, 3.63) is 24.0 Å². The molecule has 1 aromatic carbocycles. The van der Waals surface area contributed by atoms with Crippen LogP contribution in [-0.4, -0.2) is 0 Å². The zero-order valence-electron chi connectivity index (χ0n) is 4.97. The Labute approximate surface area is 61.5 Å². The Morgan fingerprint density at radius 2 is 2.10 bits per heavy atom. The molecule has 0 aliphatic carbocycles. The summed E-state index contributed by atoms with van der Waals surface area (Å²) >= 11 is -0.145. The fourth-order valence-corrected chi connectivity index (χ4v) is 0.903. The highest BCUT2D eigenvalue weighted by Crippen LogP contribution is 2.25. The second-order valence-electron chi connectivity index (χ2n) is 1.74. The van der Waals surface area contributed by atoms with Crippen LogP contribution in [0.5, 0.6) is 0 Å². The van der Waals surface area contributed by atoms with E-state index in [2.05, 4.69) is 0 Å². The van der Waals surface area contributed by atoms with Crippen molar-refractivity contribution in [3.8, 4) is 0 Å². The van der Waals surface area contributed by atoms with E-state index >= 15 is 0 Å². The normalized spacial score (nSPS) is 9.80. The largest absolute Gasteiger partial charge is 0.396 e. The van der Waals surface area contributed by atoms with Gasteiger partial charge in [-0.15, -0.1) is 0 Å². The van der Waals surface area contributed by atoms with Gasteiger partial charge in [0, 0.05) is 0 Å². The molecule has 1 nitrogen and oxygen atoms in total. The maximum atomic E-state index is 12.6. The number of rotatable bonds is 1. The number of hydrogen-bond donors (Lipinski definition) is 1. The molecule has 0 radical (unpaired) electrons. The van der Waals surface area contributed by atoms with Gasteiger partial charge >= 0.3 is 0 Å². The zero-order chi connectivity index (χ0) is 7.56. The molecule has 4 heteroatoms. The summed E-state index contributed by atoms with van der Waals surface area (Å²) in [5, 5.41) is 0. The predicted octanol–water partition coefficient (Wildman–Crippen LogP) is 2.38. The molecule has 0 saturated heterocycles. The first-order chi connectivity index (χ1) is 4.75. The minimum atomic E-state index is -0.685. The molecule has 1 aromatic rings. The molecule has 0 atom stereocenters. The zero-order valence-corrected chi connectivity index (χ0v) is 5.79. The van der Waals surface area contributed by atoms with Crippen LogP contribution >= 0.6 is 12.1 Å².